The number of halogens is 3. The van der Waals surface area contributed by atoms with Crippen LogP contribution in [0.2, 0.25) is 0 Å². The normalized spacial score (nSPS) is 17.5. The zero-order valence-electron chi connectivity index (χ0n) is 26.1. The number of carbonyl (C=O) groups excluding carboxylic acids is 3. The maximum absolute atomic E-state index is 14.0. The number of alkyl halides is 3. The molecular weight excluding hydrogens is 597 g/mol. The largest absolute Gasteiger partial charge is 0.444 e. The quantitative estimate of drug-likeness (QED) is 0.289. The lowest BCUT2D eigenvalue weighted by Gasteiger charge is -2.40. The molecule has 2 unspecified atom stereocenters. The monoisotopic (exact) mass is 634 g/mol. The van der Waals surface area contributed by atoms with Gasteiger partial charge in [0.2, 0.25) is 5.88 Å². The summed E-state index contributed by atoms with van der Waals surface area (Å²) in [5.74, 6) is -2.77. The number of carbonyl (C=O) groups is 3. The lowest BCUT2D eigenvalue weighted by Crippen LogP contribution is -2.54. The molecular formula is C30H37F3N6O6. The van der Waals surface area contributed by atoms with Gasteiger partial charge >= 0.3 is 18.4 Å². The van der Waals surface area contributed by atoms with Gasteiger partial charge < -0.3 is 29.4 Å². The lowest BCUT2D eigenvalue weighted by atomic mass is 9.93. The molecule has 0 bridgehead atoms. The summed E-state index contributed by atoms with van der Waals surface area (Å²) in [5.41, 5.74) is -0.373. The van der Waals surface area contributed by atoms with Crippen molar-refractivity contribution in [3.8, 4) is 0 Å². The number of aromatic nitrogens is 2. The molecule has 1 saturated heterocycles. The molecule has 15 heteroatoms. The zero-order valence-corrected chi connectivity index (χ0v) is 26.1. The number of alkyl carbamates (subject to hydrolysis) is 1. The molecule has 0 spiro atoms. The summed E-state index contributed by atoms with van der Waals surface area (Å²) in [6.45, 7) is 11.3. The van der Waals surface area contributed by atoms with E-state index < -0.39 is 54.0 Å². The molecule has 0 saturated carbocycles. The number of amides is 3. The number of nitrogens with one attached hydrogen (secondary N) is 3. The average molecular weight is 635 g/mol. The van der Waals surface area contributed by atoms with Gasteiger partial charge in [-0.3, -0.25) is 20.1 Å². The van der Waals surface area contributed by atoms with Crippen LogP contribution in [0.1, 0.15) is 63.9 Å². The molecule has 2 atom stereocenters. The Hall–Kier alpha value is -4.56. The molecule has 12 nitrogen and oxygen atoms in total. The highest BCUT2D eigenvalue weighted by Crippen LogP contribution is 2.38. The Morgan fingerprint density at radius 1 is 0.978 bits per heavy atom. The van der Waals surface area contributed by atoms with Gasteiger partial charge in [0.05, 0.1) is 29.5 Å². The van der Waals surface area contributed by atoms with Gasteiger partial charge in [-0.2, -0.15) is 13.2 Å². The number of rotatable bonds is 5. The minimum Gasteiger partial charge on any atom is -0.444 e. The van der Waals surface area contributed by atoms with Crippen molar-refractivity contribution in [1.82, 2.24) is 15.3 Å². The Labute approximate surface area is 258 Å². The van der Waals surface area contributed by atoms with E-state index in [4.69, 9.17) is 13.9 Å². The molecule has 0 aromatic carbocycles. The van der Waals surface area contributed by atoms with E-state index in [9.17, 15) is 27.6 Å². The SMILES string of the molecule is Cc1cnc2c(C(=O)Nc3cnccc3N3CC(NC(=O)OC(C)(C)C)CC(C(F)(F)F)C3)c(NC(=O)OC(C)(C)C)oc2c1. The van der Waals surface area contributed by atoms with E-state index in [0.717, 1.165) is 5.56 Å². The molecule has 3 aromatic rings. The van der Waals surface area contributed by atoms with E-state index in [-0.39, 0.29) is 46.9 Å². The minimum atomic E-state index is -4.55. The van der Waals surface area contributed by atoms with E-state index in [1.807, 2.05) is 0 Å². The second-order valence-corrected chi connectivity index (χ2v) is 12.9. The van der Waals surface area contributed by atoms with Gasteiger partial charge in [0, 0.05) is 25.5 Å². The maximum Gasteiger partial charge on any atom is 0.414 e. The fraction of sp³-hybridized carbons (Fsp3) is 0.500. The number of furan rings is 1. The smallest absolute Gasteiger partial charge is 0.414 e. The van der Waals surface area contributed by atoms with E-state index in [1.54, 1.807) is 54.5 Å². The summed E-state index contributed by atoms with van der Waals surface area (Å²) in [6, 6.07) is 2.19. The van der Waals surface area contributed by atoms with Crippen molar-refractivity contribution in [1.29, 1.82) is 0 Å². The van der Waals surface area contributed by atoms with Crippen LogP contribution in [0.3, 0.4) is 0 Å². The second-order valence-electron chi connectivity index (χ2n) is 12.9. The predicted molar refractivity (Wildman–Crippen MR) is 160 cm³/mol. The van der Waals surface area contributed by atoms with Gasteiger partial charge in [0.15, 0.2) is 5.58 Å². The number of hydrogen-bond acceptors (Lipinski definition) is 9. The van der Waals surface area contributed by atoms with Crippen LogP contribution in [-0.4, -0.2) is 64.6 Å². The van der Waals surface area contributed by atoms with E-state index in [0.29, 0.717) is 0 Å². The Balaban J connectivity index is 1.65. The predicted octanol–water partition coefficient (Wildman–Crippen LogP) is 6.41. The summed E-state index contributed by atoms with van der Waals surface area (Å²) < 4.78 is 58.4. The molecule has 1 aliphatic heterocycles. The average Bonchev–Trinajstić information content (AvgIpc) is 3.22. The van der Waals surface area contributed by atoms with Crippen LogP contribution in [0.5, 0.6) is 0 Å². The summed E-state index contributed by atoms with van der Waals surface area (Å²) in [6.07, 6.45) is -2.41. The molecule has 1 aliphatic rings. The van der Waals surface area contributed by atoms with Crippen LogP contribution in [-0.2, 0) is 9.47 Å². The van der Waals surface area contributed by atoms with Crippen molar-refractivity contribution in [2.24, 2.45) is 5.92 Å². The number of nitrogens with zero attached hydrogens (tertiary/aromatic N) is 3. The molecule has 3 amide bonds. The van der Waals surface area contributed by atoms with Gasteiger partial charge in [-0.1, -0.05) is 0 Å². The Bertz CT molecular complexity index is 1580. The van der Waals surface area contributed by atoms with Gasteiger partial charge in [-0.15, -0.1) is 0 Å². The van der Waals surface area contributed by atoms with E-state index in [2.05, 4.69) is 25.9 Å². The van der Waals surface area contributed by atoms with Gasteiger partial charge in [-0.25, -0.2) is 9.59 Å². The molecule has 1 fully saturated rings. The van der Waals surface area contributed by atoms with Crippen LogP contribution < -0.4 is 20.9 Å². The summed E-state index contributed by atoms with van der Waals surface area (Å²) >= 11 is 0. The van der Waals surface area contributed by atoms with Crippen LogP contribution in [0.15, 0.2) is 35.1 Å². The third-order valence-corrected chi connectivity index (χ3v) is 6.53. The highest BCUT2D eigenvalue weighted by Gasteiger charge is 2.45. The molecule has 3 N–H and O–H groups in total. The molecule has 3 aromatic heterocycles. The maximum atomic E-state index is 14.0. The number of pyridine rings is 2. The first-order valence-electron chi connectivity index (χ1n) is 14.2. The second kappa shape index (κ2) is 12.4. The fourth-order valence-corrected chi connectivity index (χ4v) is 4.83. The number of ether oxygens (including phenoxy) is 2. The number of anilines is 3. The van der Waals surface area contributed by atoms with Crippen molar-refractivity contribution in [2.75, 3.05) is 28.6 Å². The Morgan fingerprint density at radius 3 is 2.29 bits per heavy atom. The van der Waals surface area contributed by atoms with Crippen molar-refractivity contribution in [2.45, 2.75) is 78.3 Å². The van der Waals surface area contributed by atoms with Crippen LogP contribution in [0.25, 0.3) is 11.1 Å². The standard InChI is InChI=1S/C30H37F3N6O6/c1-16-10-21-23(35-12-16)22(25(43-21)38-27(42)45-29(5,6)7)24(40)37-19-13-34-9-8-20(19)39-14-17(30(31,32)33)11-18(15-39)36-26(41)44-28(2,3)4/h8-10,12-13,17-18H,11,14-15H2,1-7H3,(H,36,41)(H,37,40)(H,38,42). The van der Waals surface area contributed by atoms with Crippen molar-refractivity contribution in [3.63, 3.8) is 0 Å². The first-order valence-corrected chi connectivity index (χ1v) is 14.2. The summed E-state index contributed by atoms with van der Waals surface area (Å²) in [5, 5.41) is 7.69. The first kappa shape index (κ1) is 33.3. The molecule has 4 rings (SSSR count). The highest BCUT2D eigenvalue weighted by molar-refractivity contribution is 6.16. The van der Waals surface area contributed by atoms with Gasteiger partial charge in [0.25, 0.3) is 5.91 Å². The van der Waals surface area contributed by atoms with E-state index in [1.165, 1.54) is 29.6 Å². The van der Waals surface area contributed by atoms with Gasteiger partial charge in [0.1, 0.15) is 22.3 Å². The number of piperidine rings is 1. The molecule has 0 radical (unpaired) electrons. The van der Waals surface area contributed by atoms with Gasteiger partial charge in [-0.05, 0) is 72.6 Å². The van der Waals surface area contributed by atoms with Crippen LogP contribution in [0, 0.1) is 12.8 Å². The number of hydrogen-bond donors (Lipinski definition) is 3. The summed E-state index contributed by atoms with van der Waals surface area (Å²) in [4.78, 5) is 48.5. The van der Waals surface area contributed by atoms with Crippen LogP contribution >= 0.6 is 0 Å². The molecule has 244 valence electrons. The Kier molecular flexibility index (Phi) is 9.22. The minimum absolute atomic E-state index is 0.000368. The Morgan fingerprint density at radius 2 is 1.64 bits per heavy atom. The van der Waals surface area contributed by atoms with E-state index >= 15 is 0 Å². The zero-order chi connectivity index (χ0) is 33.3. The number of aryl methyl sites for hydroxylation is 1. The van der Waals surface area contributed by atoms with Crippen molar-refractivity contribution in [3.05, 3.63) is 41.9 Å². The lowest BCUT2D eigenvalue weighted by molar-refractivity contribution is -0.177. The third-order valence-electron chi connectivity index (χ3n) is 6.53. The fourth-order valence-electron chi connectivity index (χ4n) is 4.83. The third kappa shape index (κ3) is 8.76. The topological polar surface area (TPSA) is 148 Å². The molecule has 0 aliphatic carbocycles. The molecule has 4 heterocycles. The van der Waals surface area contributed by atoms with Crippen molar-refractivity contribution < 1.29 is 41.4 Å². The molecule has 45 heavy (non-hydrogen) atoms. The van der Waals surface area contributed by atoms with Crippen molar-refractivity contribution >= 4 is 46.5 Å². The first-order chi connectivity index (χ1) is 20.8. The number of fused-ring (bicyclic) bond motifs is 1. The van der Waals surface area contributed by atoms with Crippen LogP contribution in [0.4, 0.5) is 40.0 Å². The highest BCUT2D eigenvalue weighted by atomic mass is 19.4. The summed E-state index contributed by atoms with van der Waals surface area (Å²) in [7, 11) is 0.